The predicted octanol–water partition coefficient (Wildman–Crippen LogP) is 3.25. The molecule has 102 valence electrons. The van der Waals surface area contributed by atoms with E-state index in [-0.39, 0.29) is 22.4 Å². The zero-order valence-corrected chi connectivity index (χ0v) is 12.4. The number of aliphatic hydroxyl groups excluding tert-OH is 1. The van der Waals surface area contributed by atoms with Crippen LogP contribution in [0.4, 0.5) is 8.78 Å². The molecule has 1 aromatic heterocycles. The molecule has 0 atom stereocenters. The van der Waals surface area contributed by atoms with Crippen LogP contribution in [0, 0.1) is 11.6 Å². The lowest BCUT2D eigenvalue weighted by Crippen LogP contribution is -1.99. The number of aliphatic hydroxyl groups is 1. The lowest BCUT2D eigenvalue weighted by atomic mass is 10.2. The number of thioether (sulfide) groups is 1. The zero-order chi connectivity index (χ0) is 14.0. The molecule has 0 saturated carbocycles. The number of hydrogen-bond donors (Lipinski definition) is 1. The molecule has 0 radical (unpaired) electrons. The summed E-state index contributed by atoms with van der Waals surface area (Å²) in [6, 6.07) is 2.56. The van der Waals surface area contributed by atoms with E-state index in [1.165, 1.54) is 30.1 Å². The fraction of sp³-hybridized carbons (Fsp3) is 0.250. The Labute approximate surface area is 121 Å². The van der Waals surface area contributed by atoms with Gasteiger partial charge >= 0.3 is 0 Å². The molecule has 19 heavy (non-hydrogen) atoms. The summed E-state index contributed by atoms with van der Waals surface area (Å²) in [6.07, 6.45) is 1.54. The first-order valence-electron chi connectivity index (χ1n) is 5.41. The molecule has 0 spiro atoms. The van der Waals surface area contributed by atoms with Crippen LogP contribution in [0.2, 0.25) is 0 Å². The number of hydrogen-bond acceptors (Lipinski definition) is 3. The molecule has 3 nitrogen and oxygen atoms in total. The van der Waals surface area contributed by atoms with Crippen molar-refractivity contribution in [3.8, 4) is 0 Å². The zero-order valence-electron chi connectivity index (χ0n) is 10.0. The average Bonchev–Trinajstić information content (AvgIpc) is 2.75. The first-order chi connectivity index (χ1) is 9.04. The van der Waals surface area contributed by atoms with Gasteiger partial charge in [-0.2, -0.15) is 0 Å². The summed E-state index contributed by atoms with van der Waals surface area (Å²) in [5.74, 6) is -1.04. The van der Waals surface area contributed by atoms with Gasteiger partial charge in [0.25, 0.3) is 0 Å². The van der Waals surface area contributed by atoms with Crippen LogP contribution in [0.25, 0.3) is 0 Å². The Balaban J connectivity index is 2.19. The Hall–Kier alpha value is -0.920. The SMILES string of the molecule is Cn1c(CO)cnc1SCc1c(F)ccc(Br)c1F. The molecule has 0 aliphatic carbocycles. The van der Waals surface area contributed by atoms with Gasteiger partial charge in [-0.15, -0.1) is 0 Å². The first kappa shape index (κ1) is 14.5. The van der Waals surface area contributed by atoms with Crippen molar-refractivity contribution in [3.05, 3.63) is 45.7 Å². The highest BCUT2D eigenvalue weighted by atomic mass is 79.9. The normalized spacial score (nSPS) is 11.0. The molecule has 0 saturated heterocycles. The van der Waals surface area contributed by atoms with Crippen LogP contribution >= 0.6 is 27.7 Å². The standard InChI is InChI=1S/C12H11BrF2N2OS/c1-17-7(5-18)4-16-12(17)19-6-8-10(14)3-2-9(13)11(8)15/h2-4,18H,5-6H2,1H3. The van der Waals surface area contributed by atoms with Crippen LogP contribution in [-0.4, -0.2) is 14.7 Å². The molecule has 0 amide bonds. The fourth-order valence-electron chi connectivity index (χ4n) is 1.54. The maximum absolute atomic E-state index is 13.8. The number of halogens is 3. The number of benzene rings is 1. The second kappa shape index (κ2) is 6.02. The summed E-state index contributed by atoms with van der Waals surface area (Å²) >= 11 is 4.24. The van der Waals surface area contributed by atoms with Crippen molar-refractivity contribution in [1.29, 1.82) is 0 Å². The number of rotatable bonds is 4. The van der Waals surface area contributed by atoms with Crippen molar-refractivity contribution in [2.24, 2.45) is 7.05 Å². The summed E-state index contributed by atoms with van der Waals surface area (Å²) < 4.78 is 29.3. The Bertz CT molecular complexity index is 604. The lowest BCUT2D eigenvalue weighted by molar-refractivity contribution is 0.271. The van der Waals surface area contributed by atoms with Crippen molar-refractivity contribution in [2.45, 2.75) is 17.5 Å². The van der Waals surface area contributed by atoms with Gasteiger partial charge in [-0.3, -0.25) is 0 Å². The van der Waals surface area contributed by atoms with E-state index in [0.29, 0.717) is 10.9 Å². The van der Waals surface area contributed by atoms with E-state index in [9.17, 15) is 8.78 Å². The molecule has 1 N–H and O–H groups in total. The van der Waals surface area contributed by atoms with Crippen molar-refractivity contribution in [1.82, 2.24) is 9.55 Å². The van der Waals surface area contributed by atoms with E-state index in [1.807, 2.05) is 0 Å². The molecule has 0 aliphatic heterocycles. The Morgan fingerprint density at radius 1 is 1.42 bits per heavy atom. The van der Waals surface area contributed by atoms with Crippen molar-refractivity contribution in [2.75, 3.05) is 0 Å². The minimum Gasteiger partial charge on any atom is -0.390 e. The topological polar surface area (TPSA) is 38.0 Å². The van der Waals surface area contributed by atoms with Crippen LogP contribution in [0.1, 0.15) is 11.3 Å². The quantitative estimate of drug-likeness (QED) is 0.680. The van der Waals surface area contributed by atoms with Crippen LogP contribution < -0.4 is 0 Å². The first-order valence-corrected chi connectivity index (χ1v) is 7.19. The third kappa shape index (κ3) is 2.98. The molecule has 1 aromatic carbocycles. The summed E-state index contributed by atoms with van der Waals surface area (Å²) in [5, 5.41) is 9.65. The van der Waals surface area contributed by atoms with Crippen LogP contribution in [0.15, 0.2) is 28.0 Å². The third-order valence-electron chi connectivity index (χ3n) is 2.69. The third-order valence-corrected chi connectivity index (χ3v) is 4.37. The van der Waals surface area contributed by atoms with E-state index in [1.54, 1.807) is 11.6 Å². The van der Waals surface area contributed by atoms with E-state index < -0.39 is 11.6 Å². The van der Waals surface area contributed by atoms with Crippen LogP contribution in [0.5, 0.6) is 0 Å². The summed E-state index contributed by atoms with van der Waals surface area (Å²) in [7, 11) is 1.74. The average molecular weight is 349 g/mol. The molecule has 2 rings (SSSR count). The van der Waals surface area contributed by atoms with Gasteiger partial charge in [0.1, 0.15) is 11.6 Å². The van der Waals surface area contributed by atoms with Gasteiger partial charge in [-0.1, -0.05) is 11.8 Å². The van der Waals surface area contributed by atoms with Crippen molar-refractivity contribution < 1.29 is 13.9 Å². The largest absolute Gasteiger partial charge is 0.390 e. The Morgan fingerprint density at radius 3 is 2.79 bits per heavy atom. The highest BCUT2D eigenvalue weighted by Crippen LogP contribution is 2.28. The lowest BCUT2D eigenvalue weighted by Gasteiger charge is -2.07. The van der Waals surface area contributed by atoms with Crippen LogP contribution in [0.3, 0.4) is 0 Å². The predicted molar refractivity (Wildman–Crippen MR) is 72.7 cm³/mol. The van der Waals surface area contributed by atoms with Gasteiger partial charge in [0, 0.05) is 18.4 Å². The molecule has 1 heterocycles. The van der Waals surface area contributed by atoms with Crippen LogP contribution in [-0.2, 0) is 19.4 Å². The Kier molecular flexibility index (Phi) is 4.59. The molecule has 0 bridgehead atoms. The summed E-state index contributed by atoms with van der Waals surface area (Å²) in [4.78, 5) is 4.09. The molecule has 2 aromatic rings. The van der Waals surface area contributed by atoms with Gasteiger partial charge in [0.05, 0.1) is 23.0 Å². The molecular weight excluding hydrogens is 338 g/mol. The Morgan fingerprint density at radius 2 is 2.16 bits per heavy atom. The van der Waals surface area contributed by atoms with E-state index in [4.69, 9.17) is 5.11 Å². The number of nitrogens with zero attached hydrogens (tertiary/aromatic N) is 2. The van der Waals surface area contributed by atoms with Gasteiger partial charge in [-0.25, -0.2) is 13.8 Å². The maximum Gasteiger partial charge on any atom is 0.168 e. The molecule has 0 aliphatic rings. The number of aromatic nitrogens is 2. The fourth-order valence-corrected chi connectivity index (χ4v) is 2.89. The second-order valence-electron chi connectivity index (χ2n) is 3.86. The second-order valence-corrected chi connectivity index (χ2v) is 5.66. The minimum atomic E-state index is -0.593. The summed E-state index contributed by atoms with van der Waals surface area (Å²) in [6.45, 7) is -0.121. The van der Waals surface area contributed by atoms with Gasteiger partial charge in [-0.05, 0) is 28.1 Å². The number of imidazole rings is 1. The monoisotopic (exact) mass is 348 g/mol. The molecule has 7 heteroatoms. The highest BCUT2D eigenvalue weighted by molar-refractivity contribution is 9.10. The van der Waals surface area contributed by atoms with E-state index in [2.05, 4.69) is 20.9 Å². The maximum atomic E-state index is 13.8. The molecule has 0 unspecified atom stereocenters. The molecular formula is C12H11BrF2N2OS. The van der Waals surface area contributed by atoms with E-state index in [0.717, 1.165) is 0 Å². The van der Waals surface area contributed by atoms with Gasteiger partial charge < -0.3 is 9.67 Å². The highest BCUT2D eigenvalue weighted by Gasteiger charge is 2.14. The van der Waals surface area contributed by atoms with Gasteiger partial charge in [0.2, 0.25) is 0 Å². The van der Waals surface area contributed by atoms with E-state index >= 15 is 0 Å². The van der Waals surface area contributed by atoms with Crippen molar-refractivity contribution in [3.63, 3.8) is 0 Å². The molecule has 0 fully saturated rings. The minimum absolute atomic E-state index is 0.00734. The summed E-state index contributed by atoms with van der Waals surface area (Å²) in [5.41, 5.74) is 0.658. The van der Waals surface area contributed by atoms with Crippen molar-refractivity contribution >= 4 is 27.7 Å². The smallest absolute Gasteiger partial charge is 0.168 e. The van der Waals surface area contributed by atoms with Gasteiger partial charge in [0.15, 0.2) is 5.16 Å².